The van der Waals surface area contributed by atoms with Crippen LogP contribution in [0.4, 0.5) is 4.79 Å². The van der Waals surface area contributed by atoms with E-state index < -0.39 is 11.9 Å². The summed E-state index contributed by atoms with van der Waals surface area (Å²) in [5.74, 6) is -1.42. The van der Waals surface area contributed by atoms with Gasteiger partial charge in [-0.3, -0.25) is 4.79 Å². The molecular weight excluding hydrogens is 208 g/mol. The molecule has 16 heavy (non-hydrogen) atoms. The van der Waals surface area contributed by atoms with Crippen molar-refractivity contribution in [1.82, 2.24) is 10.2 Å². The van der Waals surface area contributed by atoms with E-state index in [1.165, 1.54) is 0 Å². The summed E-state index contributed by atoms with van der Waals surface area (Å²) in [6, 6.07) is 0.192. The molecule has 2 unspecified atom stereocenters. The molecule has 92 valence electrons. The van der Waals surface area contributed by atoms with Crippen LogP contribution in [0.5, 0.6) is 0 Å². The predicted molar refractivity (Wildman–Crippen MR) is 60.2 cm³/mol. The van der Waals surface area contributed by atoms with Gasteiger partial charge in [0, 0.05) is 19.1 Å². The Kier molecular flexibility index (Phi) is 4.58. The summed E-state index contributed by atoms with van der Waals surface area (Å²) in [5.41, 5.74) is 0. The van der Waals surface area contributed by atoms with Crippen molar-refractivity contribution in [3.05, 3.63) is 0 Å². The number of amides is 2. The summed E-state index contributed by atoms with van der Waals surface area (Å²) in [6.45, 7) is 4.63. The molecule has 0 aromatic carbocycles. The molecule has 2 N–H and O–H groups in total. The molecule has 0 aliphatic carbocycles. The molecule has 1 aliphatic heterocycles. The van der Waals surface area contributed by atoms with Crippen LogP contribution in [0.25, 0.3) is 0 Å². The van der Waals surface area contributed by atoms with Gasteiger partial charge in [-0.25, -0.2) is 4.79 Å². The highest BCUT2D eigenvalue weighted by atomic mass is 16.4. The zero-order chi connectivity index (χ0) is 12.1. The number of carboxylic acid groups (broad SMARTS) is 1. The van der Waals surface area contributed by atoms with E-state index in [0.29, 0.717) is 6.04 Å². The zero-order valence-corrected chi connectivity index (χ0v) is 9.90. The van der Waals surface area contributed by atoms with Gasteiger partial charge in [0.25, 0.3) is 0 Å². The van der Waals surface area contributed by atoms with Gasteiger partial charge in [-0.05, 0) is 19.3 Å². The van der Waals surface area contributed by atoms with Gasteiger partial charge >= 0.3 is 12.0 Å². The molecule has 0 spiro atoms. The second-order valence-electron chi connectivity index (χ2n) is 4.32. The number of aliphatic carboxylic acids is 1. The SMILES string of the molecule is CCC1CCCN1C(=O)NCC(C)C(=O)O. The molecule has 0 radical (unpaired) electrons. The molecular formula is C11H20N2O3. The summed E-state index contributed by atoms with van der Waals surface area (Å²) < 4.78 is 0. The number of carbonyl (C=O) groups excluding carboxylic acids is 1. The van der Waals surface area contributed by atoms with E-state index >= 15 is 0 Å². The second-order valence-corrected chi connectivity index (χ2v) is 4.32. The third-order valence-corrected chi connectivity index (χ3v) is 3.09. The minimum absolute atomic E-state index is 0.127. The number of hydrogen-bond acceptors (Lipinski definition) is 2. The molecule has 5 heteroatoms. The normalized spacial score (nSPS) is 21.9. The van der Waals surface area contributed by atoms with Crippen molar-refractivity contribution in [3.63, 3.8) is 0 Å². The fraction of sp³-hybridized carbons (Fsp3) is 0.818. The van der Waals surface area contributed by atoms with Gasteiger partial charge in [-0.1, -0.05) is 13.8 Å². The van der Waals surface area contributed by atoms with Crippen LogP contribution in [0.2, 0.25) is 0 Å². The van der Waals surface area contributed by atoms with Crippen molar-refractivity contribution in [1.29, 1.82) is 0 Å². The van der Waals surface area contributed by atoms with Gasteiger partial charge in [0.1, 0.15) is 0 Å². The van der Waals surface area contributed by atoms with E-state index in [0.717, 1.165) is 25.8 Å². The smallest absolute Gasteiger partial charge is 0.317 e. The number of rotatable bonds is 4. The highest BCUT2D eigenvalue weighted by Gasteiger charge is 2.27. The molecule has 0 saturated carbocycles. The molecule has 0 bridgehead atoms. The Balaban J connectivity index is 2.37. The third kappa shape index (κ3) is 3.12. The van der Waals surface area contributed by atoms with Crippen LogP contribution in [0.15, 0.2) is 0 Å². The summed E-state index contributed by atoms with van der Waals surface area (Å²) >= 11 is 0. The molecule has 0 aromatic heterocycles. The first-order chi connectivity index (χ1) is 7.56. The van der Waals surface area contributed by atoms with Gasteiger partial charge in [-0.2, -0.15) is 0 Å². The number of nitrogens with one attached hydrogen (secondary N) is 1. The van der Waals surface area contributed by atoms with Crippen LogP contribution in [-0.2, 0) is 4.79 Å². The summed E-state index contributed by atoms with van der Waals surface area (Å²) in [5, 5.41) is 11.4. The second kappa shape index (κ2) is 5.72. The van der Waals surface area contributed by atoms with Gasteiger partial charge < -0.3 is 15.3 Å². The van der Waals surface area contributed by atoms with Crippen molar-refractivity contribution in [3.8, 4) is 0 Å². The number of carbonyl (C=O) groups is 2. The maximum Gasteiger partial charge on any atom is 0.317 e. The largest absolute Gasteiger partial charge is 0.481 e. The third-order valence-electron chi connectivity index (χ3n) is 3.09. The summed E-state index contributed by atoms with van der Waals surface area (Å²) in [4.78, 5) is 24.2. The van der Waals surface area contributed by atoms with E-state index in [2.05, 4.69) is 12.2 Å². The molecule has 1 aliphatic rings. The van der Waals surface area contributed by atoms with Crippen LogP contribution >= 0.6 is 0 Å². The summed E-state index contributed by atoms with van der Waals surface area (Å²) in [6.07, 6.45) is 3.06. The van der Waals surface area contributed by atoms with Crippen LogP contribution < -0.4 is 5.32 Å². The number of urea groups is 1. The molecule has 1 heterocycles. The minimum Gasteiger partial charge on any atom is -0.481 e. The highest BCUT2D eigenvalue weighted by molar-refractivity contribution is 5.76. The Morgan fingerprint density at radius 3 is 2.81 bits per heavy atom. The number of carboxylic acids is 1. The Morgan fingerprint density at radius 2 is 2.25 bits per heavy atom. The van der Waals surface area contributed by atoms with Crippen molar-refractivity contribution < 1.29 is 14.7 Å². The number of likely N-dealkylation sites (tertiary alicyclic amines) is 1. The average molecular weight is 228 g/mol. The minimum atomic E-state index is -0.881. The first-order valence-electron chi connectivity index (χ1n) is 5.83. The van der Waals surface area contributed by atoms with E-state index in [1.54, 1.807) is 6.92 Å². The van der Waals surface area contributed by atoms with Crippen LogP contribution in [0.1, 0.15) is 33.1 Å². The summed E-state index contributed by atoms with van der Waals surface area (Å²) in [7, 11) is 0. The fourth-order valence-corrected chi connectivity index (χ4v) is 1.96. The van der Waals surface area contributed by atoms with Crippen molar-refractivity contribution >= 4 is 12.0 Å². The average Bonchev–Trinajstić information content (AvgIpc) is 2.73. The van der Waals surface area contributed by atoms with E-state index in [-0.39, 0.29) is 12.6 Å². The Bertz CT molecular complexity index is 268. The van der Waals surface area contributed by atoms with Crippen LogP contribution in [0, 0.1) is 5.92 Å². The topological polar surface area (TPSA) is 69.6 Å². The molecule has 1 fully saturated rings. The van der Waals surface area contributed by atoms with E-state index in [9.17, 15) is 9.59 Å². The first kappa shape index (κ1) is 12.8. The van der Waals surface area contributed by atoms with Gasteiger partial charge in [-0.15, -0.1) is 0 Å². The number of hydrogen-bond donors (Lipinski definition) is 2. The Labute approximate surface area is 95.8 Å². The quantitative estimate of drug-likeness (QED) is 0.761. The maximum absolute atomic E-state index is 11.8. The fourth-order valence-electron chi connectivity index (χ4n) is 1.96. The lowest BCUT2D eigenvalue weighted by atomic mass is 10.2. The van der Waals surface area contributed by atoms with Crippen molar-refractivity contribution in [2.24, 2.45) is 5.92 Å². The Hall–Kier alpha value is -1.26. The van der Waals surface area contributed by atoms with Gasteiger partial charge in [0.05, 0.1) is 5.92 Å². The lowest BCUT2D eigenvalue weighted by Crippen LogP contribution is -2.44. The number of nitrogens with zero attached hydrogens (tertiary/aromatic N) is 1. The standard InChI is InChI=1S/C11H20N2O3/c1-3-9-5-4-6-13(9)11(16)12-7-8(2)10(14)15/h8-9H,3-7H2,1-2H3,(H,12,16)(H,14,15). The van der Waals surface area contributed by atoms with Crippen LogP contribution in [0.3, 0.4) is 0 Å². The molecule has 5 nitrogen and oxygen atoms in total. The van der Waals surface area contributed by atoms with Crippen molar-refractivity contribution in [2.75, 3.05) is 13.1 Å². The van der Waals surface area contributed by atoms with Gasteiger partial charge in [0.2, 0.25) is 0 Å². The Morgan fingerprint density at radius 1 is 1.56 bits per heavy atom. The lowest BCUT2D eigenvalue weighted by Gasteiger charge is -2.24. The predicted octanol–water partition coefficient (Wildman–Crippen LogP) is 1.29. The molecule has 2 amide bonds. The van der Waals surface area contributed by atoms with Crippen LogP contribution in [-0.4, -0.2) is 41.1 Å². The first-order valence-corrected chi connectivity index (χ1v) is 5.83. The monoisotopic (exact) mass is 228 g/mol. The zero-order valence-electron chi connectivity index (χ0n) is 9.90. The highest BCUT2D eigenvalue weighted by Crippen LogP contribution is 2.19. The molecule has 0 aromatic rings. The van der Waals surface area contributed by atoms with E-state index in [1.807, 2.05) is 4.90 Å². The van der Waals surface area contributed by atoms with E-state index in [4.69, 9.17) is 5.11 Å². The van der Waals surface area contributed by atoms with Crippen molar-refractivity contribution in [2.45, 2.75) is 39.2 Å². The molecule has 1 saturated heterocycles. The molecule has 2 atom stereocenters. The lowest BCUT2D eigenvalue weighted by molar-refractivity contribution is -0.140. The maximum atomic E-state index is 11.8. The van der Waals surface area contributed by atoms with Gasteiger partial charge in [0.15, 0.2) is 0 Å². The molecule has 1 rings (SSSR count).